The van der Waals surface area contributed by atoms with Crippen molar-refractivity contribution in [2.24, 2.45) is 10.8 Å². The summed E-state index contributed by atoms with van der Waals surface area (Å²) in [6, 6.07) is 7.37. The molecule has 2 bridgehead atoms. The largest absolute Gasteiger partial charge is 0.338 e. The van der Waals surface area contributed by atoms with Crippen LogP contribution in [0, 0.1) is 16.6 Å². The molecular formula is C26H35FN4OS. The second kappa shape index (κ2) is 8.71. The monoisotopic (exact) mass is 470 g/mol. The van der Waals surface area contributed by atoms with Crippen LogP contribution in [0.2, 0.25) is 0 Å². The standard InChI is InChI=1S/C26H35FN4OS/c1-25(2)13-19-14-26(3,16-25)17-30(19)22(32)15-33-24-29-28-23(20-11-7-8-12-21(20)27)31(24)18-9-5-4-6-10-18/h7-8,11-12,18-19H,4-6,9-10,13-17H2,1-3H3/t19-,26+/m1/s1. The lowest BCUT2D eigenvalue weighted by molar-refractivity contribution is -0.129. The number of rotatable bonds is 5. The molecule has 5 nitrogen and oxygen atoms in total. The van der Waals surface area contributed by atoms with Crippen molar-refractivity contribution in [3.63, 3.8) is 0 Å². The summed E-state index contributed by atoms with van der Waals surface area (Å²) in [4.78, 5) is 15.4. The molecule has 0 N–H and O–H groups in total. The van der Waals surface area contributed by atoms with Gasteiger partial charge in [-0.05, 0) is 55.1 Å². The van der Waals surface area contributed by atoms with E-state index in [0.717, 1.165) is 50.2 Å². The molecule has 0 radical (unpaired) electrons. The van der Waals surface area contributed by atoms with E-state index in [1.807, 2.05) is 6.07 Å². The number of hydrogen-bond donors (Lipinski definition) is 0. The first kappa shape index (κ1) is 22.9. The van der Waals surface area contributed by atoms with E-state index < -0.39 is 0 Å². The average molecular weight is 471 g/mol. The van der Waals surface area contributed by atoms with Gasteiger partial charge < -0.3 is 4.90 Å². The molecule has 2 aliphatic carbocycles. The van der Waals surface area contributed by atoms with E-state index in [0.29, 0.717) is 23.2 Å². The number of carbonyl (C=O) groups excluding carboxylic acids is 1. The maximum absolute atomic E-state index is 14.6. The van der Waals surface area contributed by atoms with Crippen molar-refractivity contribution < 1.29 is 9.18 Å². The van der Waals surface area contributed by atoms with E-state index >= 15 is 0 Å². The third-order valence-corrected chi connectivity index (χ3v) is 8.71. The Hall–Kier alpha value is -1.89. The van der Waals surface area contributed by atoms with E-state index in [1.165, 1.54) is 30.7 Å². The highest BCUT2D eigenvalue weighted by Gasteiger charge is 2.50. The maximum Gasteiger partial charge on any atom is 0.233 e. The minimum absolute atomic E-state index is 0.192. The molecule has 1 amide bonds. The lowest BCUT2D eigenvalue weighted by atomic mass is 9.65. The van der Waals surface area contributed by atoms with Crippen molar-refractivity contribution in [3.05, 3.63) is 30.1 Å². The summed E-state index contributed by atoms with van der Waals surface area (Å²) >= 11 is 1.47. The summed E-state index contributed by atoms with van der Waals surface area (Å²) in [6.07, 6.45) is 9.01. The van der Waals surface area contributed by atoms with Gasteiger partial charge in [-0.3, -0.25) is 9.36 Å². The normalized spacial score (nSPS) is 27.2. The van der Waals surface area contributed by atoms with Gasteiger partial charge >= 0.3 is 0 Å². The van der Waals surface area contributed by atoms with Crippen LogP contribution < -0.4 is 0 Å². The van der Waals surface area contributed by atoms with E-state index in [4.69, 9.17) is 0 Å². The number of likely N-dealkylation sites (tertiary alicyclic amines) is 1. The number of thioether (sulfide) groups is 1. The van der Waals surface area contributed by atoms with Gasteiger partial charge in [0.15, 0.2) is 11.0 Å². The summed E-state index contributed by atoms with van der Waals surface area (Å²) in [5.74, 6) is 0.850. The quantitative estimate of drug-likeness (QED) is 0.495. The van der Waals surface area contributed by atoms with Crippen LogP contribution in [-0.2, 0) is 4.79 Å². The lowest BCUT2D eigenvalue weighted by Gasteiger charge is -2.39. The second-order valence-electron chi connectivity index (χ2n) is 11.5. The highest BCUT2D eigenvalue weighted by molar-refractivity contribution is 7.99. The van der Waals surface area contributed by atoms with Crippen molar-refractivity contribution in [2.75, 3.05) is 12.3 Å². The average Bonchev–Trinajstić information content (AvgIpc) is 3.30. The van der Waals surface area contributed by atoms with Crippen LogP contribution in [0.25, 0.3) is 11.4 Å². The van der Waals surface area contributed by atoms with Crippen LogP contribution in [0.1, 0.15) is 78.2 Å². The highest BCUT2D eigenvalue weighted by Crippen LogP contribution is 2.52. The van der Waals surface area contributed by atoms with Crippen molar-refractivity contribution in [3.8, 4) is 11.4 Å². The Balaban J connectivity index is 1.37. The first-order valence-electron chi connectivity index (χ1n) is 12.4. The molecule has 0 unspecified atom stereocenters. The fourth-order valence-electron chi connectivity index (χ4n) is 6.83. The Morgan fingerprint density at radius 1 is 1.09 bits per heavy atom. The fraction of sp³-hybridized carbons (Fsp3) is 0.654. The zero-order valence-corrected chi connectivity index (χ0v) is 20.8. The number of halogens is 1. The molecule has 5 rings (SSSR count). The number of hydrogen-bond acceptors (Lipinski definition) is 4. The van der Waals surface area contributed by atoms with Gasteiger partial charge in [0.05, 0.1) is 11.3 Å². The van der Waals surface area contributed by atoms with Crippen LogP contribution in [0.15, 0.2) is 29.4 Å². The Morgan fingerprint density at radius 2 is 1.85 bits per heavy atom. The molecule has 178 valence electrons. The molecule has 1 aromatic carbocycles. The van der Waals surface area contributed by atoms with Gasteiger partial charge in [-0.15, -0.1) is 10.2 Å². The van der Waals surface area contributed by atoms with Crippen molar-refractivity contribution >= 4 is 17.7 Å². The molecule has 3 aliphatic rings. The minimum atomic E-state index is -0.283. The van der Waals surface area contributed by atoms with Gasteiger partial charge in [0, 0.05) is 18.6 Å². The van der Waals surface area contributed by atoms with E-state index in [1.54, 1.807) is 12.1 Å². The molecule has 1 aromatic heterocycles. The number of amides is 1. The molecule has 33 heavy (non-hydrogen) atoms. The number of carbonyl (C=O) groups is 1. The molecular weight excluding hydrogens is 435 g/mol. The molecule has 0 spiro atoms. The SMILES string of the molecule is CC1(C)C[C@@H]2C[C@](C)(CN2C(=O)CSc2nnc(-c3ccccc3F)n2C2CCCCC2)C1. The van der Waals surface area contributed by atoms with Gasteiger partial charge in [0.2, 0.25) is 5.91 Å². The minimum Gasteiger partial charge on any atom is -0.338 e. The maximum atomic E-state index is 14.6. The zero-order valence-electron chi connectivity index (χ0n) is 20.0. The lowest BCUT2D eigenvalue weighted by Crippen LogP contribution is -2.38. The Morgan fingerprint density at radius 3 is 2.61 bits per heavy atom. The summed E-state index contributed by atoms with van der Waals surface area (Å²) in [5.41, 5.74) is 1.000. The predicted octanol–water partition coefficient (Wildman–Crippen LogP) is 6.11. The van der Waals surface area contributed by atoms with Gasteiger partial charge in [0.25, 0.3) is 0 Å². The molecule has 3 fully saturated rings. The van der Waals surface area contributed by atoms with Gasteiger partial charge in [0.1, 0.15) is 5.82 Å². The Labute approximate surface area is 200 Å². The second-order valence-corrected chi connectivity index (χ2v) is 12.4. The van der Waals surface area contributed by atoms with E-state index in [2.05, 4.69) is 40.4 Å². The van der Waals surface area contributed by atoms with E-state index in [-0.39, 0.29) is 28.6 Å². The fourth-order valence-corrected chi connectivity index (χ4v) is 7.72. The first-order valence-corrected chi connectivity index (χ1v) is 13.4. The molecule has 2 atom stereocenters. The van der Waals surface area contributed by atoms with Crippen LogP contribution in [-0.4, -0.2) is 43.9 Å². The number of fused-ring (bicyclic) bond motifs is 2. The van der Waals surface area contributed by atoms with Gasteiger partial charge in [-0.1, -0.05) is 63.9 Å². The molecule has 2 aromatic rings. The zero-order chi connectivity index (χ0) is 23.2. The molecule has 7 heteroatoms. The smallest absolute Gasteiger partial charge is 0.233 e. The summed E-state index contributed by atoms with van der Waals surface area (Å²) in [7, 11) is 0. The number of nitrogens with zero attached hydrogens (tertiary/aromatic N) is 4. The van der Waals surface area contributed by atoms with Crippen LogP contribution in [0.5, 0.6) is 0 Å². The summed E-state index contributed by atoms with van der Waals surface area (Å²) in [6.45, 7) is 7.85. The number of benzene rings is 1. The molecule has 2 saturated carbocycles. The molecule has 1 saturated heterocycles. The van der Waals surface area contributed by atoms with Crippen LogP contribution >= 0.6 is 11.8 Å². The third-order valence-electron chi connectivity index (χ3n) is 7.78. The van der Waals surface area contributed by atoms with Crippen LogP contribution in [0.4, 0.5) is 4.39 Å². The Kier molecular flexibility index (Phi) is 6.04. The van der Waals surface area contributed by atoms with E-state index in [9.17, 15) is 9.18 Å². The molecule has 1 aliphatic heterocycles. The van der Waals surface area contributed by atoms with Gasteiger partial charge in [-0.25, -0.2) is 4.39 Å². The first-order chi connectivity index (χ1) is 15.7. The number of aromatic nitrogens is 3. The van der Waals surface area contributed by atoms with Crippen molar-refractivity contribution in [2.45, 2.75) is 89.4 Å². The summed E-state index contributed by atoms with van der Waals surface area (Å²) < 4.78 is 16.7. The summed E-state index contributed by atoms with van der Waals surface area (Å²) in [5, 5.41) is 9.60. The molecule has 2 heterocycles. The van der Waals surface area contributed by atoms with Crippen molar-refractivity contribution in [1.29, 1.82) is 0 Å². The van der Waals surface area contributed by atoms with Crippen LogP contribution in [0.3, 0.4) is 0 Å². The van der Waals surface area contributed by atoms with Crippen molar-refractivity contribution in [1.82, 2.24) is 19.7 Å². The topological polar surface area (TPSA) is 51.0 Å². The highest BCUT2D eigenvalue weighted by atomic mass is 32.2. The van der Waals surface area contributed by atoms with Gasteiger partial charge in [-0.2, -0.15) is 0 Å². The third kappa shape index (κ3) is 4.58. The Bertz CT molecular complexity index is 1030. The predicted molar refractivity (Wildman–Crippen MR) is 130 cm³/mol.